The Kier molecular flexibility index (Phi) is 3.62. The second-order valence-electron chi connectivity index (χ2n) is 7.93. The number of oxazole rings is 1. The summed E-state index contributed by atoms with van der Waals surface area (Å²) in [6, 6.07) is 11.3. The monoisotopic (exact) mass is 401 g/mol. The average Bonchev–Trinajstić information content (AvgIpc) is 3.30. The number of carbonyl (C=O) groups excluding carboxylic acids is 1. The van der Waals surface area contributed by atoms with Gasteiger partial charge >= 0.3 is 0 Å². The number of carbonyl (C=O) groups is 1. The van der Waals surface area contributed by atoms with Crippen LogP contribution >= 0.6 is 11.8 Å². The average molecular weight is 401 g/mol. The maximum Gasteiger partial charge on any atom is 0.264 e. The van der Waals surface area contributed by atoms with Crippen molar-refractivity contribution in [2.75, 3.05) is 0 Å². The van der Waals surface area contributed by atoms with Gasteiger partial charge in [-0.05, 0) is 30.4 Å². The Morgan fingerprint density at radius 1 is 1.17 bits per heavy atom. The van der Waals surface area contributed by atoms with Crippen molar-refractivity contribution in [1.82, 2.24) is 15.0 Å². The molecule has 1 saturated carbocycles. The Labute approximate surface area is 170 Å². The van der Waals surface area contributed by atoms with Crippen molar-refractivity contribution in [3.63, 3.8) is 0 Å². The summed E-state index contributed by atoms with van der Waals surface area (Å²) in [6.45, 7) is 4.08. The molecule has 0 aliphatic heterocycles. The van der Waals surface area contributed by atoms with Crippen LogP contribution in [0.4, 0.5) is 0 Å². The zero-order valence-electron chi connectivity index (χ0n) is 15.8. The van der Waals surface area contributed by atoms with E-state index in [4.69, 9.17) is 4.42 Å². The fourth-order valence-electron chi connectivity index (χ4n) is 4.93. The van der Waals surface area contributed by atoms with Crippen molar-refractivity contribution in [3.05, 3.63) is 47.0 Å². The van der Waals surface area contributed by atoms with Crippen molar-refractivity contribution in [3.8, 4) is 12.1 Å². The van der Waals surface area contributed by atoms with E-state index in [0.717, 1.165) is 18.2 Å². The quantitative estimate of drug-likeness (QED) is 0.595. The Morgan fingerprint density at radius 3 is 2.62 bits per heavy atom. The van der Waals surface area contributed by atoms with Crippen molar-refractivity contribution in [2.24, 2.45) is 5.41 Å². The zero-order chi connectivity index (χ0) is 20.4. The Balaban J connectivity index is 1.63. The molecule has 0 spiro atoms. The van der Waals surface area contributed by atoms with Gasteiger partial charge < -0.3 is 4.42 Å². The third kappa shape index (κ3) is 2.18. The van der Waals surface area contributed by atoms with E-state index in [0.29, 0.717) is 34.1 Å². The molecule has 0 N–H and O–H groups in total. The van der Waals surface area contributed by atoms with Gasteiger partial charge in [0.2, 0.25) is 5.12 Å². The Hall–Kier alpha value is -3.23. The highest BCUT2D eigenvalue weighted by Gasteiger charge is 2.68. The molecule has 7 nitrogen and oxygen atoms in total. The lowest BCUT2D eigenvalue weighted by molar-refractivity contribution is -0.118. The summed E-state index contributed by atoms with van der Waals surface area (Å²) in [5.74, 6) is 0.0121. The van der Waals surface area contributed by atoms with Gasteiger partial charge in [0.1, 0.15) is 17.7 Å². The highest BCUT2D eigenvalue weighted by atomic mass is 32.2. The number of aromatic nitrogens is 3. The number of hydrogen-bond acceptors (Lipinski definition) is 8. The van der Waals surface area contributed by atoms with Gasteiger partial charge in [0, 0.05) is 17.7 Å². The summed E-state index contributed by atoms with van der Waals surface area (Å²) in [5, 5.41) is 18.9. The predicted molar refractivity (Wildman–Crippen MR) is 104 cm³/mol. The minimum absolute atomic E-state index is 0.0121. The Morgan fingerprint density at radius 2 is 1.90 bits per heavy atom. The number of rotatable bonds is 2. The molecular formula is C21H15N5O2S. The minimum Gasteiger partial charge on any atom is -0.431 e. The third-order valence-corrected chi connectivity index (χ3v) is 7.33. The van der Waals surface area contributed by atoms with Crippen LogP contribution in [0.3, 0.4) is 0 Å². The lowest BCUT2D eigenvalue weighted by Crippen LogP contribution is -2.42. The fourth-order valence-corrected chi connectivity index (χ4v) is 6.00. The number of nitriles is 2. The van der Waals surface area contributed by atoms with Gasteiger partial charge in [0.25, 0.3) is 5.22 Å². The molecule has 1 aromatic carbocycles. The molecule has 2 aliphatic rings. The maximum atomic E-state index is 13.7. The van der Waals surface area contributed by atoms with E-state index in [1.54, 1.807) is 0 Å². The fraction of sp³-hybridized carbons (Fsp3) is 0.333. The molecule has 2 bridgehead atoms. The molecule has 2 unspecified atom stereocenters. The summed E-state index contributed by atoms with van der Waals surface area (Å²) in [5.41, 5.74) is 1.17. The topological polar surface area (TPSA) is 116 Å². The smallest absolute Gasteiger partial charge is 0.264 e. The molecule has 2 aliphatic carbocycles. The van der Waals surface area contributed by atoms with Crippen LogP contribution in [-0.2, 0) is 10.2 Å². The molecule has 1 fully saturated rings. The van der Waals surface area contributed by atoms with Gasteiger partial charge in [-0.2, -0.15) is 10.5 Å². The minimum atomic E-state index is -0.898. The standard InChI is InChI=1S/C21H15N5O2S/c1-20(2)11-7-8-21(20,17-16(11)24-13(9-22)14(10-23)25-17)18(27)29-19-26-12-5-3-4-6-15(12)28-19/h3-6,11H,7-8H2,1-2H3. The molecule has 0 amide bonds. The lowest BCUT2D eigenvalue weighted by atomic mass is 9.69. The maximum absolute atomic E-state index is 13.7. The van der Waals surface area contributed by atoms with E-state index in [-0.39, 0.29) is 22.4 Å². The van der Waals surface area contributed by atoms with E-state index in [9.17, 15) is 15.3 Å². The highest BCUT2D eigenvalue weighted by molar-refractivity contribution is 8.13. The summed E-state index contributed by atoms with van der Waals surface area (Å²) in [4.78, 5) is 27.0. The van der Waals surface area contributed by atoms with Crippen molar-refractivity contribution < 1.29 is 9.21 Å². The first-order valence-corrected chi connectivity index (χ1v) is 10.0. The SMILES string of the molecule is CC1(C)C2CCC1(C(=O)Sc1nc3ccccc3o1)c1nc(C#N)c(C#N)nc12. The van der Waals surface area contributed by atoms with Crippen molar-refractivity contribution in [1.29, 1.82) is 10.5 Å². The van der Waals surface area contributed by atoms with Gasteiger partial charge in [0.15, 0.2) is 17.0 Å². The summed E-state index contributed by atoms with van der Waals surface area (Å²) >= 11 is 0.974. The van der Waals surface area contributed by atoms with Crippen LogP contribution in [0, 0.1) is 28.1 Å². The number of hydrogen-bond donors (Lipinski definition) is 0. The van der Waals surface area contributed by atoms with E-state index in [1.165, 1.54) is 0 Å². The third-order valence-electron chi connectivity index (χ3n) is 6.45. The molecule has 2 heterocycles. The van der Waals surface area contributed by atoms with Gasteiger partial charge in [-0.3, -0.25) is 4.79 Å². The van der Waals surface area contributed by atoms with E-state index in [1.807, 2.05) is 50.3 Å². The first kappa shape index (κ1) is 17.8. The molecule has 142 valence electrons. The normalized spacial score (nSPS) is 23.5. The van der Waals surface area contributed by atoms with E-state index >= 15 is 0 Å². The van der Waals surface area contributed by atoms with Crippen LogP contribution < -0.4 is 0 Å². The van der Waals surface area contributed by atoms with Crippen LogP contribution in [-0.4, -0.2) is 20.1 Å². The number of benzene rings is 1. The molecular weight excluding hydrogens is 386 g/mol. The predicted octanol–water partition coefficient (Wildman–Crippen LogP) is 3.84. The summed E-state index contributed by atoms with van der Waals surface area (Å²) in [6.07, 6.45) is 1.40. The van der Waals surface area contributed by atoms with Crippen molar-refractivity contribution >= 4 is 28.0 Å². The largest absolute Gasteiger partial charge is 0.431 e. The molecule has 2 atom stereocenters. The molecule has 0 saturated heterocycles. The van der Waals surface area contributed by atoms with Crippen LogP contribution in [0.15, 0.2) is 33.9 Å². The van der Waals surface area contributed by atoms with Gasteiger partial charge in [-0.15, -0.1) is 0 Å². The van der Waals surface area contributed by atoms with E-state index in [2.05, 4.69) is 15.0 Å². The Bertz CT molecular complexity index is 1250. The summed E-state index contributed by atoms with van der Waals surface area (Å²) in [7, 11) is 0. The second-order valence-corrected chi connectivity index (χ2v) is 8.86. The number of nitrogens with zero attached hydrogens (tertiary/aromatic N) is 5. The van der Waals surface area contributed by atoms with Gasteiger partial charge in [0.05, 0.1) is 16.8 Å². The number of para-hydroxylation sites is 2. The highest BCUT2D eigenvalue weighted by Crippen LogP contribution is 2.68. The molecule has 29 heavy (non-hydrogen) atoms. The molecule has 2 aromatic heterocycles. The molecule has 5 rings (SSSR count). The molecule has 0 radical (unpaired) electrons. The zero-order valence-corrected chi connectivity index (χ0v) is 16.6. The lowest BCUT2D eigenvalue weighted by Gasteiger charge is -2.35. The van der Waals surface area contributed by atoms with E-state index < -0.39 is 10.8 Å². The number of thioether (sulfide) groups is 1. The first-order valence-electron chi connectivity index (χ1n) is 9.23. The van der Waals surface area contributed by atoms with Gasteiger partial charge in [-0.1, -0.05) is 26.0 Å². The number of fused-ring (bicyclic) bond motifs is 6. The molecule has 3 aromatic rings. The van der Waals surface area contributed by atoms with Crippen LogP contribution in [0.25, 0.3) is 11.1 Å². The van der Waals surface area contributed by atoms with Crippen LogP contribution in [0.2, 0.25) is 0 Å². The molecule has 8 heteroatoms. The summed E-state index contributed by atoms with van der Waals surface area (Å²) < 4.78 is 5.74. The van der Waals surface area contributed by atoms with Crippen LogP contribution in [0.1, 0.15) is 55.4 Å². The van der Waals surface area contributed by atoms with Crippen molar-refractivity contribution in [2.45, 2.75) is 43.2 Å². The first-order chi connectivity index (χ1) is 13.9. The van der Waals surface area contributed by atoms with Gasteiger partial charge in [-0.25, -0.2) is 15.0 Å². The van der Waals surface area contributed by atoms with Crippen LogP contribution in [0.5, 0.6) is 0 Å². The second kappa shape index (κ2) is 5.88.